The smallest absolute Gasteiger partial charge is 0.254 e. The van der Waals surface area contributed by atoms with Gasteiger partial charge in [0.25, 0.3) is 5.56 Å². The summed E-state index contributed by atoms with van der Waals surface area (Å²) in [4.78, 5) is 16.4. The molecule has 0 bridgehead atoms. The first-order chi connectivity index (χ1) is 9.92. The minimum absolute atomic E-state index is 0.0931. The Hall–Kier alpha value is -2.14. The van der Waals surface area contributed by atoms with Crippen molar-refractivity contribution in [3.63, 3.8) is 0 Å². The van der Waals surface area contributed by atoms with Crippen molar-refractivity contribution in [3.05, 3.63) is 57.3 Å². The molecule has 1 aromatic carbocycles. The Morgan fingerprint density at radius 1 is 1.33 bits per heavy atom. The van der Waals surface area contributed by atoms with Crippen LogP contribution >= 0.6 is 0 Å². The first kappa shape index (κ1) is 15.3. The van der Waals surface area contributed by atoms with Crippen LogP contribution in [0.3, 0.4) is 0 Å². The second-order valence-electron chi connectivity index (χ2n) is 5.12. The van der Waals surface area contributed by atoms with Crippen LogP contribution < -0.4 is 10.3 Å². The highest BCUT2D eigenvalue weighted by Gasteiger charge is 2.11. The molecular weight excluding hydrogens is 268 g/mol. The van der Waals surface area contributed by atoms with Gasteiger partial charge in [0.1, 0.15) is 11.6 Å². The monoisotopic (exact) mass is 288 g/mol. The van der Waals surface area contributed by atoms with Gasteiger partial charge in [-0.05, 0) is 38.5 Å². The van der Waals surface area contributed by atoms with Gasteiger partial charge < -0.3 is 9.84 Å². The molecule has 1 N–H and O–H groups in total. The zero-order valence-electron chi connectivity index (χ0n) is 12.8. The van der Waals surface area contributed by atoms with Crippen molar-refractivity contribution in [2.45, 2.75) is 33.4 Å². The molecule has 0 spiro atoms. The average Bonchev–Trinajstić information content (AvgIpc) is 2.42. The van der Waals surface area contributed by atoms with Crippen molar-refractivity contribution in [1.29, 1.82) is 0 Å². The molecule has 112 valence electrons. The minimum Gasteiger partial charge on any atom is -0.496 e. The highest BCUT2D eigenvalue weighted by Crippen LogP contribution is 2.24. The molecule has 2 aromatic rings. The van der Waals surface area contributed by atoms with Gasteiger partial charge in [-0.3, -0.25) is 9.36 Å². The number of nitrogens with zero attached hydrogens (tertiary/aromatic N) is 2. The Balaban J connectivity index is 2.48. The van der Waals surface area contributed by atoms with Crippen LogP contribution in [0.4, 0.5) is 0 Å². The summed E-state index contributed by atoms with van der Waals surface area (Å²) in [6.45, 7) is 5.67. The van der Waals surface area contributed by atoms with Crippen molar-refractivity contribution < 1.29 is 9.84 Å². The molecule has 1 unspecified atom stereocenters. The zero-order valence-corrected chi connectivity index (χ0v) is 12.8. The molecule has 5 heteroatoms. The number of ether oxygens (including phenoxy) is 1. The van der Waals surface area contributed by atoms with E-state index in [0.29, 0.717) is 23.8 Å². The normalized spacial score (nSPS) is 12.2. The molecule has 0 fully saturated rings. The SMILES string of the molecule is COc1ccc(C(C)O)cc1Cn1c(C)nc(C)cc1=O. The maximum absolute atomic E-state index is 12.1. The molecule has 1 atom stereocenters. The Morgan fingerprint density at radius 3 is 2.62 bits per heavy atom. The summed E-state index contributed by atoms with van der Waals surface area (Å²) in [6, 6.07) is 6.99. The van der Waals surface area contributed by atoms with Gasteiger partial charge in [-0.25, -0.2) is 4.98 Å². The minimum atomic E-state index is -0.566. The largest absolute Gasteiger partial charge is 0.496 e. The van der Waals surface area contributed by atoms with Crippen molar-refractivity contribution in [2.24, 2.45) is 0 Å². The van der Waals surface area contributed by atoms with E-state index in [-0.39, 0.29) is 5.56 Å². The van der Waals surface area contributed by atoms with E-state index in [1.54, 1.807) is 38.5 Å². The number of rotatable bonds is 4. The number of hydrogen-bond donors (Lipinski definition) is 1. The summed E-state index contributed by atoms with van der Waals surface area (Å²) in [5, 5.41) is 9.70. The van der Waals surface area contributed by atoms with Crippen molar-refractivity contribution in [2.75, 3.05) is 7.11 Å². The van der Waals surface area contributed by atoms with Crippen LogP contribution in [0.25, 0.3) is 0 Å². The van der Waals surface area contributed by atoms with E-state index in [4.69, 9.17) is 4.74 Å². The van der Waals surface area contributed by atoms with E-state index in [2.05, 4.69) is 4.98 Å². The second kappa shape index (κ2) is 6.10. The third kappa shape index (κ3) is 3.31. The number of methoxy groups -OCH3 is 1. The number of benzene rings is 1. The van der Waals surface area contributed by atoms with Gasteiger partial charge in [0.2, 0.25) is 0 Å². The van der Waals surface area contributed by atoms with Crippen LogP contribution in [-0.4, -0.2) is 21.8 Å². The van der Waals surface area contributed by atoms with E-state index >= 15 is 0 Å². The van der Waals surface area contributed by atoms with E-state index in [1.165, 1.54) is 6.07 Å². The summed E-state index contributed by atoms with van der Waals surface area (Å²) < 4.78 is 6.93. The first-order valence-corrected chi connectivity index (χ1v) is 6.82. The lowest BCUT2D eigenvalue weighted by Gasteiger charge is -2.15. The van der Waals surface area contributed by atoms with E-state index in [1.807, 2.05) is 12.1 Å². The van der Waals surface area contributed by atoms with Crippen molar-refractivity contribution >= 4 is 0 Å². The lowest BCUT2D eigenvalue weighted by atomic mass is 10.1. The number of aliphatic hydroxyl groups is 1. The molecule has 0 saturated carbocycles. The standard InChI is InChI=1S/C16H20N2O3/c1-10-7-16(20)18(12(3)17-10)9-14-8-13(11(2)19)5-6-15(14)21-4/h5-8,11,19H,9H2,1-4H3. The highest BCUT2D eigenvalue weighted by molar-refractivity contribution is 5.38. The fourth-order valence-corrected chi connectivity index (χ4v) is 2.31. The summed E-state index contributed by atoms with van der Waals surface area (Å²) in [7, 11) is 1.59. The Labute approximate surface area is 123 Å². The quantitative estimate of drug-likeness (QED) is 0.934. The molecule has 1 heterocycles. The van der Waals surface area contributed by atoms with E-state index < -0.39 is 6.10 Å². The third-order valence-corrected chi connectivity index (χ3v) is 3.44. The molecule has 21 heavy (non-hydrogen) atoms. The van der Waals surface area contributed by atoms with Gasteiger partial charge >= 0.3 is 0 Å². The van der Waals surface area contributed by atoms with Gasteiger partial charge in [-0.15, -0.1) is 0 Å². The molecule has 0 saturated heterocycles. The van der Waals surface area contributed by atoms with Crippen LogP contribution in [0.2, 0.25) is 0 Å². The van der Waals surface area contributed by atoms with Gasteiger partial charge in [-0.1, -0.05) is 6.07 Å². The van der Waals surface area contributed by atoms with Crippen LogP contribution in [0.1, 0.15) is 35.7 Å². The van der Waals surface area contributed by atoms with Crippen LogP contribution in [0.5, 0.6) is 5.75 Å². The Morgan fingerprint density at radius 2 is 2.05 bits per heavy atom. The first-order valence-electron chi connectivity index (χ1n) is 6.82. The summed E-state index contributed by atoms with van der Waals surface area (Å²) in [6.07, 6.45) is -0.566. The summed E-state index contributed by atoms with van der Waals surface area (Å²) >= 11 is 0. The molecule has 0 aliphatic carbocycles. The van der Waals surface area contributed by atoms with E-state index in [0.717, 1.165) is 11.1 Å². The maximum Gasteiger partial charge on any atom is 0.254 e. The molecular formula is C16H20N2O3. The lowest BCUT2D eigenvalue weighted by molar-refractivity contribution is 0.199. The zero-order chi connectivity index (χ0) is 15.6. The average molecular weight is 288 g/mol. The number of aliphatic hydroxyl groups excluding tert-OH is 1. The van der Waals surface area contributed by atoms with Gasteiger partial charge in [0.05, 0.1) is 19.8 Å². The predicted molar refractivity (Wildman–Crippen MR) is 80.7 cm³/mol. The lowest BCUT2D eigenvalue weighted by Crippen LogP contribution is -2.24. The molecule has 2 rings (SSSR count). The molecule has 1 aromatic heterocycles. The van der Waals surface area contributed by atoms with Gasteiger partial charge in [0.15, 0.2) is 0 Å². The number of hydrogen-bond acceptors (Lipinski definition) is 4. The van der Waals surface area contributed by atoms with Crippen LogP contribution in [-0.2, 0) is 6.54 Å². The Bertz CT molecular complexity index is 705. The predicted octanol–water partition coefficient (Wildman–Crippen LogP) is 1.97. The topological polar surface area (TPSA) is 64.3 Å². The fraction of sp³-hybridized carbons (Fsp3) is 0.375. The molecule has 0 radical (unpaired) electrons. The fourth-order valence-electron chi connectivity index (χ4n) is 2.31. The van der Waals surface area contributed by atoms with Crippen molar-refractivity contribution in [3.8, 4) is 5.75 Å². The molecule has 0 amide bonds. The van der Waals surface area contributed by atoms with Crippen LogP contribution in [0.15, 0.2) is 29.1 Å². The molecule has 5 nitrogen and oxygen atoms in total. The second-order valence-corrected chi connectivity index (χ2v) is 5.12. The van der Waals surface area contributed by atoms with Gasteiger partial charge in [0, 0.05) is 17.3 Å². The van der Waals surface area contributed by atoms with E-state index in [9.17, 15) is 9.90 Å². The van der Waals surface area contributed by atoms with Crippen LogP contribution in [0, 0.1) is 13.8 Å². The maximum atomic E-state index is 12.1. The highest BCUT2D eigenvalue weighted by atomic mass is 16.5. The molecule has 0 aliphatic rings. The third-order valence-electron chi connectivity index (χ3n) is 3.44. The van der Waals surface area contributed by atoms with Gasteiger partial charge in [-0.2, -0.15) is 0 Å². The molecule has 0 aliphatic heterocycles. The summed E-state index contributed by atoms with van der Waals surface area (Å²) in [5.74, 6) is 1.34. The van der Waals surface area contributed by atoms with Crippen molar-refractivity contribution in [1.82, 2.24) is 9.55 Å². The number of aryl methyl sites for hydroxylation is 2. The summed E-state index contributed by atoms with van der Waals surface area (Å²) in [5.41, 5.74) is 2.24. The Kier molecular flexibility index (Phi) is 4.43. The number of aromatic nitrogens is 2.